The highest BCUT2D eigenvalue weighted by Gasteiger charge is 2.24. The Bertz CT molecular complexity index is 609. The predicted octanol–water partition coefficient (Wildman–Crippen LogP) is 2.07. The Balaban J connectivity index is 1.78. The van der Waals surface area contributed by atoms with E-state index >= 15 is 0 Å². The van der Waals surface area contributed by atoms with Crippen molar-refractivity contribution in [2.75, 3.05) is 13.1 Å². The van der Waals surface area contributed by atoms with E-state index in [0.29, 0.717) is 25.3 Å². The van der Waals surface area contributed by atoms with Crippen molar-refractivity contribution in [3.8, 4) is 0 Å². The Kier molecular flexibility index (Phi) is 3.07. The smallest absolute Gasteiger partial charge is 0.286 e. The monoisotopic (exact) mass is 256 g/mol. The van der Waals surface area contributed by atoms with E-state index in [1.54, 1.807) is 4.90 Å². The lowest BCUT2D eigenvalue weighted by molar-refractivity contribution is -0.139. The van der Waals surface area contributed by atoms with Gasteiger partial charge in [-0.2, -0.15) is 0 Å². The van der Waals surface area contributed by atoms with Crippen LogP contribution in [0.25, 0.3) is 10.9 Å². The second kappa shape index (κ2) is 4.88. The number of likely N-dealkylation sites (tertiary alicyclic amines) is 1. The highest BCUT2D eigenvalue weighted by molar-refractivity contribution is 6.23. The van der Waals surface area contributed by atoms with Crippen molar-refractivity contribution < 1.29 is 9.59 Å². The van der Waals surface area contributed by atoms with Gasteiger partial charge in [0.25, 0.3) is 5.91 Å². The van der Waals surface area contributed by atoms with Gasteiger partial charge in [-0.05, 0) is 30.4 Å². The Hall–Kier alpha value is -2.10. The van der Waals surface area contributed by atoms with Crippen molar-refractivity contribution in [2.24, 2.45) is 0 Å². The first-order valence-corrected chi connectivity index (χ1v) is 6.59. The normalized spacial score (nSPS) is 16.7. The molecule has 3 rings (SSSR count). The number of aromatic amines is 1. The Morgan fingerprint density at radius 1 is 1.26 bits per heavy atom. The highest BCUT2D eigenvalue weighted by Crippen LogP contribution is 2.32. The molecule has 4 nitrogen and oxygen atoms in total. The molecule has 0 aliphatic carbocycles. The van der Waals surface area contributed by atoms with Crippen molar-refractivity contribution in [3.63, 3.8) is 0 Å². The van der Waals surface area contributed by atoms with Gasteiger partial charge in [-0.15, -0.1) is 0 Å². The number of H-pyrrole nitrogens is 1. The minimum atomic E-state index is -0.391. The molecule has 98 valence electrons. The number of hydrogen-bond donors (Lipinski definition) is 1. The minimum Gasteiger partial charge on any atom is -0.361 e. The highest BCUT2D eigenvalue weighted by atomic mass is 16.2. The summed E-state index contributed by atoms with van der Waals surface area (Å²) >= 11 is 0. The number of aldehydes is 1. The maximum Gasteiger partial charge on any atom is 0.286 e. The van der Waals surface area contributed by atoms with Gasteiger partial charge in [0.15, 0.2) is 0 Å². The first-order valence-electron chi connectivity index (χ1n) is 6.59. The van der Waals surface area contributed by atoms with Crippen LogP contribution in [-0.2, 0) is 9.59 Å². The molecule has 1 aliphatic rings. The molecule has 0 atom stereocenters. The van der Waals surface area contributed by atoms with Crippen LogP contribution in [0.3, 0.4) is 0 Å². The van der Waals surface area contributed by atoms with Gasteiger partial charge in [-0.1, -0.05) is 18.2 Å². The fourth-order valence-corrected chi connectivity index (χ4v) is 2.92. The molecule has 1 fully saturated rings. The average Bonchev–Trinajstić information content (AvgIpc) is 2.90. The van der Waals surface area contributed by atoms with E-state index in [9.17, 15) is 9.59 Å². The van der Waals surface area contributed by atoms with E-state index in [2.05, 4.69) is 23.3 Å². The number of nitrogens with zero attached hydrogens (tertiary/aromatic N) is 1. The van der Waals surface area contributed by atoms with Gasteiger partial charge in [0.1, 0.15) is 0 Å². The molecule has 4 heteroatoms. The third-order valence-electron chi connectivity index (χ3n) is 3.97. The molecular formula is C15H16N2O2. The molecule has 1 aromatic carbocycles. The van der Waals surface area contributed by atoms with Gasteiger partial charge in [-0.3, -0.25) is 9.59 Å². The molecule has 0 saturated carbocycles. The molecule has 2 heterocycles. The van der Waals surface area contributed by atoms with E-state index < -0.39 is 5.91 Å². The number of carbonyl (C=O) groups excluding carboxylic acids is 2. The summed E-state index contributed by atoms with van der Waals surface area (Å²) in [6.07, 6.45) is 4.32. The molecule has 1 saturated heterocycles. The molecule has 0 spiro atoms. The maximum absolute atomic E-state index is 11.3. The van der Waals surface area contributed by atoms with Gasteiger partial charge < -0.3 is 9.88 Å². The van der Waals surface area contributed by atoms with Crippen LogP contribution < -0.4 is 0 Å². The maximum atomic E-state index is 11.3. The fraction of sp³-hybridized carbons (Fsp3) is 0.333. The van der Waals surface area contributed by atoms with Crippen molar-refractivity contribution in [3.05, 3.63) is 36.0 Å². The van der Waals surface area contributed by atoms with Crippen LogP contribution in [0.4, 0.5) is 0 Å². The topological polar surface area (TPSA) is 53.2 Å². The van der Waals surface area contributed by atoms with Crippen molar-refractivity contribution in [2.45, 2.75) is 18.8 Å². The fourth-order valence-electron chi connectivity index (χ4n) is 2.92. The number of piperidine rings is 1. The number of carbonyl (C=O) groups is 2. The summed E-state index contributed by atoms with van der Waals surface area (Å²) in [5, 5.41) is 1.27. The molecule has 19 heavy (non-hydrogen) atoms. The molecule has 2 aromatic rings. The lowest BCUT2D eigenvalue weighted by Gasteiger charge is -2.30. The summed E-state index contributed by atoms with van der Waals surface area (Å²) in [4.78, 5) is 26.7. The zero-order valence-corrected chi connectivity index (χ0v) is 10.6. The molecule has 1 N–H and O–H groups in total. The van der Waals surface area contributed by atoms with Gasteiger partial charge in [0.05, 0.1) is 0 Å². The summed E-state index contributed by atoms with van der Waals surface area (Å²) < 4.78 is 0. The molecule has 0 bridgehead atoms. The Labute approximate surface area is 111 Å². The van der Waals surface area contributed by atoms with Crippen molar-refractivity contribution in [1.82, 2.24) is 9.88 Å². The standard InChI is InChI=1S/C15H16N2O2/c18-10-15(19)17-7-5-11(6-8-17)13-9-16-14-4-2-1-3-12(13)14/h1-4,9-11,16H,5-8H2. The van der Waals surface area contributed by atoms with Gasteiger partial charge >= 0.3 is 0 Å². The lowest BCUT2D eigenvalue weighted by Crippen LogP contribution is -2.38. The second-order valence-corrected chi connectivity index (χ2v) is 5.01. The number of para-hydroxylation sites is 1. The molecule has 0 unspecified atom stereocenters. The first-order chi connectivity index (χ1) is 9.29. The number of hydrogen-bond acceptors (Lipinski definition) is 2. The van der Waals surface area contributed by atoms with Crippen LogP contribution in [0.15, 0.2) is 30.5 Å². The van der Waals surface area contributed by atoms with Gasteiger partial charge in [-0.25, -0.2) is 0 Å². The third-order valence-corrected chi connectivity index (χ3v) is 3.97. The largest absolute Gasteiger partial charge is 0.361 e. The van der Waals surface area contributed by atoms with Crippen LogP contribution in [0, 0.1) is 0 Å². The average molecular weight is 256 g/mol. The predicted molar refractivity (Wildman–Crippen MR) is 72.9 cm³/mol. The summed E-state index contributed by atoms with van der Waals surface area (Å²) in [7, 11) is 0. The molecule has 1 amide bonds. The first kappa shape index (κ1) is 12.0. The van der Waals surface area contributed by atoms with Crippen LogP contribution in [0.1, 0.15) is 24.3 Å². The van der Waals surface area contributed by atoms with E-state index in [1.807, 2.05) is 12.1 Å². The van der Waals surface area contributed by atoms with Crippen LogP contribution >= 0.6 is 0 Å². The van der Waals surface area contributed by atoms with E-state index in [-0.39, 0.29) is 0 Å². The third kappa shape index (κ3) is 2.14. The Morgan fingerprint density at radius 2 is 2.00 bits per heavy atom. The number of nitrogens with one attached hydrogen (secondary N) is 1. The summed E-state index contributed by atoms with van der Waals surface area (Å²) in [6, 6.07) is 8.27. The minimum absolute atomic E-state index is 0.391. The molecule has 0 radical (unpaired) electrons. The number of fused-ring (bicyclic) bond motifs is 1. The second-order valence-electron chi connectivity index (χ2n) is 5.01. The summed E-state index contributed by atoms with van der Waals surface area (Å²) in [5.74, 6) is 0.0734. The van der Waals surface area contributed by atoms with Crippen molar-refractivity contribution >= 4 is 23.1 Å². The quantitative estimate of drug-likeness (QED) is 0.660. The van der Waals surface area contributed by atoms with Crippen LogP contribution in [0.5, 0.6) is 0 Å². The number of rotatable bonds is 2. The number of benzene rings is 1. The van der Waals surface area contributed by atoms with E-state index in [4.69, 9.17) is 0 Å². The molecule has 1 aromatic heterocycles. The van der Waals surface area contributed by atoms with Gasteiger partial charge in [0.2, 0.25) is 6.29 Å². The van der Waals surface area contributed by atoms with Gasteiger partial charge in [0, 0.05) is 30.2 Å². The molecular weight excluding hydrogens is 240 g/mol. The van der Waals surface area contributed by atoms with Crippen LogP contribution in [0.2, 0.25) is 0 Å². The van der Waals surface area contributed by atoms with Crippen molar-refractivity contribution in [1.29, 1.82) is 0 Å². The molecule has 1 aliphatic heterocycles. The summed E-state index contributed by atoms with van der Waals surface area (Å²) in [6.45, 7) is 1.34. The Morgan fingerprint density at radius 3 is 2.74 bits per heavy atom. The SMILES string of the molecule is O=CC(=O)N1CCC(c2c[nH]c3ccccc23)CC1. The zero-order chi connectivity index (χ0) is 13.2. The van der Waals surface area contributed by atoms with Crippen LogP contribution in [-0.4, -0.2) is 35.2 Å². The number of aromatic nitrogens is 1. The van der Waals surface area contributed by atoms with E-state index in [1.165, 1.54) is 10.9 Å². The zero-order valence-electron chi connectivity index (χ0n) is 10.6. The lowest BCUT2D eigenvalue weighted by atomic mass is 9.89. The number of amides is 1. The van der Waals surface area contributed by atoms with E-state index in [0.717, 1.165) is 18.4 Å². The summed E-state index contributed by atoms with van der Waals surface area (Å²) in [5.41, 5.74) is 2.48.